The molecule has 1 aliphatic rings. The molecule has 0 saturated heterocycles. The van der Waals surface area contributed by atoms with E-state index in [1.165, 1.54) is 6.07 Å². The predicted octanol–water partition coefficient (Wildman–Crippen LogP) is 3.91. The zero-order valence-electron chi connectivity index (χ0n) is 12.1. The van der Waals surface area contributed by atoms with Gasteiger partial charge in [-0.25, -0.2) is 9.78 Å². The van der Waals surface area contributed by atoms with E-state index in [-0.39, 0.29) is 6.61 Å². The van der Waals surface area contributed by atoms with Crippen LogP contribution in [0.15, 0.2) is 30.5 Å². The van der Waals surface area contributed by atoms with Gasteiger partial charge in [0.2, 0.25) is 0 Å². The standard InChI is InChI=1S/C16H13Cl2NO4/c17-12-7-11(8-13-14(12)22-6-2-5-21-13)16(20)23-9-10-3-1-4-19-15(10)18/h1,3-4,7-8H,2,5-6,9H2. The van der Waals surface area contributed by atoms with Crippen molar-refractivity contribution in [3.8, 4) is 11.5 Å². The first kappa shape index (κ1) is 15.9. The Kier molecular flexibility index (Phi) is 4.88. The number of nitrogens with zero attached hydrogens (tertiary/aromatic N) is 1. The third-order valence-electron chi connectivity index (χ3n) is 3.23. The molecule has 0 unspecified atom stereocenters. The smallest absolute Gasteiger partial charge is 0.338 e. The number of halogens is 2. The predicted molar refractivity (Wildman–Crippen MR) is 85.4 cm³/mol. The number of hydrogen-bond donors (Lipinski definition) is 0. The van der Waals surface area contributed by atoms with E-state index in [1.54, 1.807) is 24.4 Å². The van der Waals surface area contributed by atoms with Crippen LogP contribution in [0.3, 0.4) is 0 Å². The summed E-state index contributed by atoms with van der Waals surface area (Å²) < 4.78 is 16.3. The normalized spacial score (nSPS) is 13.3. The maximum atomic E-state index is 12.2. The molecule has 0 N–H and O–H groups in total. The molecular formula is C16H13Cl2NO4. The van der Waals surface area contributed by atoms with E-state index in [9.17, 15) is 4.79 Å². The third-order valence-corrected chi connectivity index (χ3v) is 3.85. The molecule has 0 fully saturated rings. The highest BCUT2D eigenvalue weighted by Gasteiger charge is 2.19. The van der Waals surface area contributed by atoms with E-state index in [1.807, 2.05) is 0 Å². The summed E-state index contributed by atoms with van der Waals surface area (Å²) in [6, 6.07) is 6.53. The monoisotopic (exact) mass is 353 g/mol. The number of carbonyl (C=O) groups excluding carboxylic acids is 1. The molecule has 1 aliphatic heterocycles. The van der Waals surface area contributed by atoms with Gasteiger partial charge in [0.15, 0.2) is 11.5 Å². The highest BCUT2D eigenvalue weighted by atomic mass is 35.5. The zero-order valence-corrected chi connectivity index (χ0v) is 13.6. The first-order chi connectivity index (χ1) is 11.1. The summed E-state index contributed by atoms with van der Waals surface area (Å²) in [5.41, 5.74) is 0.919. The van der Waals surface area contributed by atoms with Crippen molar-refractivity contribution in [3.63, 3.8) is 0 Å². The number of esters is 1. The number of hydrogen-bond acceptors (Lipinski definition) is 5. The molecule has 0 atom stereocenters. The van der Waals surface area contributed by atoms with Crippen molar-refractivity contribution in [2.75, 3.05) is 13.2 Å². The zero-order chi connectivity index (χ0) is 16.2. The Morgan fingerprint density at radius 2 is 2.09 bits per heavy atom. The number of carbonyl (C=O) groups is 1. The van der Waals surface area contributed by atoms with Crippen LogP contribution in [0.2, 0.25) is 10.2 Å². The molecule has 3 rings (SSSR count). The SMILES string of the molecule is O=C(OCc1cccnc1Cl)c1cc(Cl)c2c(c1)OCCCO2. The van der Waals surface area contributed by atoms with Crippen LogP contribution < -0.4 is 9.47 Å². The molecule has 23 heavy (non-hydrogen) atoms. The van der Waals surface area contributed by atoms with E-state index in [2.05, 4.69) is 4.98 Å². The fourth-order valence-electron chi connectivity index (χ4n) is 2.10. The largest absolute Gasteiger partial charge is 0.489 e. The van der Waals surface area contributed by atoms with Crippen molar-refractivity contribution in [1.82, 2.24) is 4.98 Å². The van der Waals surface area contributed by atoms with Gasteiger partial charge in [-0.05, 0) is 18.2 Å². The molecule has 120 valence electrons. The van der Waals surface area contributed by atoms with E-state index in [0.717, 1.165) is 6.42 Å². The summed E-state index contributed by atoms with van der Waals surface area (Å²) in [5, 5.41) is 0.618. The molecule has 0 radical (unpaired) electrons. The van der Waals surface area contributed by atoms with Gasteiger partial charge in [-0.2, -0.15) is 0 Å². The molecule has 0 amide bonds. The van der Waals surface area contributed by atoms with Crippen molar-refractivity contribution in [2.45, 2.75) is 13.0 Å². The minimum Gasteiger partial charge on any atom is -0.489 e. The van der Waals surface area contributed by atoms with Crippen LogP contribution in [0.5, 0.6) is 11.5 Å². The molecule has 0 bridgehead atoms. The van der Waals surface area contributed by atoms with E-state index >= 15 is 0 Å². The number of fused-ring (bicyclic) bond motifs is 1. The molecular weight excluding hydrogens is 341 g/mol. The van der Waals surface area contributed by atoms with Crippen molar-refractivity contribution in [3.05, 3.63) is 51.8 Å². The Balaban J connectivity index is 1.76. The second kappa shape index (κ2) is 7.06. The highest BCUT2D eigenvalue weighted by Crippen LogP contribution is 2.38. The average molecular weight is 354 g/mol. The van der Waals surface area contributed by atoms with Crippen molar-refractivity contribution in [1.29, 1.82) is 0 Å². The van der Waals surface area contributed by atoms with Gasteiger partial charge in [0.25, 0.3) is 0 Å². The minimum absolute atomic E-state index is 0.0254. The minimum atomic E-state index is -0.525. The van der Waals surface area contributed by atoms with Crippen molar-refractivity contribution < 1.29 is 19.0 Å². The summed E-state index contributed by atoms with van der Waals surface area (Å²) in [6.07, 6.45) is 2.32. The van der Waals surface area contributed by atoms with Gasteiger partial charge in [-0.15, -0.1) is 0 Å². The summed E-state index contributed by atoms with van der Waals surface area (Å²) in [4.78, 5) is 16.1. The number of rotatable bonds is 3. The first-order valence-electron chi connectivity index (χ1n) is 7.01. The van der Waals surface area contributed by atoms with Crippen LogP contribution in [0, 0.1) is 0 Å². The topological polar surface area (TPSA) is 57.7 Å². The molecule has 2 heterocycles. The maximum Gasteiger partial charge on any atom is 0.338 e. The molecule has 0 aliphatic carbocycles. The Morgan fingerprint density at radius 3 is 2.91 bits per heavy atom. The lowest BCUT2D eigenvalue weighted by molar-refractivity contribution is 0.0472. The molecule has 2 aromatic rings. The van der Waals surface area contributed by atoms with Crippen LogP contribution >= 0.6 is 23.2 Å². The fourth-order valence-corrected chi connectivity index (χ4v) is 2.54. The lowest BCUT2D eigenvalue weighted by Gasteiger charge is -2.11. The molecule has 0 saturated carbocycles. The summed E-state index contributed by atoms with van der Waals surface area (Å²) in [6.45, 7) is 1.06. The summed E-state index contributed by atoms with van der Waals surface area (Å²) in [7, 11) is 0. The fraction of sp³-hybridized carbons (Fsp3) is 0.250. The Labute approximate surface area is 143 Å². The molecule has 7 heteroatoms. The van der Waals surface area contributed by atoms with Gasteiger partial charge < -0.3 is 14.2 Å². The quantitative estimate of drug-likeness (QED) is 0.618. The van der Waals surface area contributed by atoms with Gasteiger partial charge >= 0.3 is 5.97 Å². The second-order valence-electron chi connectivity index (χ2n) is 4.87. The lowest BCUT2D eigenvalue weighted by Crippen LogP contribution is -2.07. The summed E-state index contributed by atoms with van der Waals surface area (Å²) >= 11 is 12.1. The first-order valence-corrected chi connectivity index (χ1v) is 7.76. The molecule has 5 nitrogen and oxygen atoms in total. The number of pyridine rings is 1. The Hall–Kier alpha value is -1.98. The van der Waals surface area contributed by atoms with Gasteiger partial charge in [-0.3, -0.25) is 0 Å². The summed E-state index contributed by atoms with van der Waals surface area (Å²) in [5.74, 6) is 0.375. The van der Waals surface area contributed by atoms with Crippen LogP contribution in [0.1, 0.15) is 22.3 Å². The van der Waals surface area contributed by atoms with Crippen LogP contribution in [-0.4, -0.2) is 24.2 Å². The van der Waals surface area contributed by atoms with Crippen LogP contribution in [0.25, 0.3) is 0 Å². The third kappa shape index (κ3) is 3.68. The lowest BCUT2D eigenvalue weighted by atomic mass is 10.2. The molecule has 1 aromatic heterocycles. The van der Waals surface area contributed by atoms with Gasteiger partial charge in [0.1, 0.15) is 11.8 Å². The Bertz CT molecular complexity index is 736. The maximum absolute atomic E-state index is 12.2. The highest BCUT2D eigenvalue weighted by molar-refractivity contribution is 6.32. The average Bonchev–Trinajstić information content (AvgIpc) is 2.79. The van der Waals surface area contributed by atoms with Gasteiger partial charge in [-0.1, -0.05) is 29.3 Å². The van der Waals surface area contributed by atoms with Gasteiger partial charge in [0.05, 0.1) is 23.8 Å². The molecule has 1 aromatic carbocycles. The van der Waals surface area contributed by atoms with Crippen LogP contribution in [-0.2, 0) is 11.3 Å². The van der Waals surface area contributed by atoms with Crippen molar-refractivity contribution in [2.24, 2.45) is 0 Å². The van der Waals surface area contributed by atoms with E-state index < -0.39 is 5.97 Å². The number of ether oxygens (including phenoxy) is 3. The number of benzene rings is 1. The van der Waals surface area contributed by atoms with Gasteiger partial charge in [0, 0.05) is 18.2 Å². The van der Waals surface area contributed by atoms with E-state index in [4.69, 9.17) is 37.4 Å². The van der Waals surface area contributed by atoms with Crippen LogP contribution in [0.4, 0.5) is 0 Å². The Morgan fingerprint density at radius 1 is 1.26 bits per heavy atom. The molecule has 0 spiro atoms. The number of aromatic nitrogens is 1. The van der Waals surface area contributed by atoms with E-state index in [0.29, 0.717) is 46.0 Å². The second-order valence-corrected chi connectivity index (χ2v) is 5.63. The van der Waals surface area contributed by atoms with Crippen molar-refractivity contribution >= 4 is 29.2 Å².